The fourth-order valence-corrected chi connectivity index (χ4v) is 7.77. The first-order valence-electron chi connectivity index (χ1n) is 16.5. The number of rotatable bonds is 15. The summed E-state index contributed by atoms with van der Waals surface area (Å²) in [6, 6.07) is 6.09. The standard InChI is InChI=1S/C32H54N8O5Si4/c1-40(21-23-20-33-28-27(34-23)29(38-46(2,3)4)37-32(36-28)39-47(5,6)7)24-16-14-22(15-17-24)30(42)35-25(31(43)45-49(11,12)13)18-19-26(41)44-48(8,9)10/h14-17,20,25H,18-19,21H2,1-13H3,(H,35,42)(H2,33,36,37,38,39)/t25-/m1/s1. The molecule has 0 bridgehead atoms. The van der Waals surface area contributed by atoms with Crippen molar-refractivity contribution in [2.24, 2.45) is 0 Å². The molecule has 0 saturated heterocycles. The highest BCUT2D eigenvalue weighted by atomic mass is 28.4. The number of aromatic nitrogens is 4. The first-order valence-corrected chi connectivity index (χ1v) is 30.4. The number of hydrogen-bond acceptors (Lipinski definition) is 12. The molecule has 0 spiro atoms. The summed E-state index contributed by atoms with van der Waals surface area (Å²) < 4.78 is 11.2. The maximum absolute atomic E-state index is 13.3. The van der Waals surface area contributed by atoms with Crippen LogP contribution in [0.4, 0.5) is 17.5 Å². The predicted octanol–water partition coefficient (Wildman–Crippen LogP) is 6.18. The lowest BCUT2D eigenvalue weighted by Gasteiger charge is -2.24. The second-order valence-electron chi connectivity index (χ2n) is 16.3. The molecule has 13 nitrogen and oxygen atoms in total. The van der Waals surface area contributed by atoms with Gasteiger partial charge in [-0.3, -0.25) is 14.4 Å². The number of carbonyl (C=O) groups excluding carboxylic acids is 3. The number of amides is 1. The molecule has 17 heteroatoms. The topological polar surface area (TPSA) is 161 Å². The van der Waals surface area contributed by atoms with E-state index in [2.05, 4.69) is 64.5 Å². The van der Waals surface area contributed by atoms with Gasteiger partial charge < -0.3 is 29.0 Å². The van der Waals surface area contributed by atoms with E-state index in [4.69, 9.17) is 18.8 Å². The molecule has 0 aliphatic heterocycles. The third-order valence-electron chi connectivity index (χ3n) is 6.46. The minimum atomic E-state index is -2.24. The summed E-state index contributed by atoms with van der Waals surface area (Å²) >= 11 is 0. The Hall–Kier alpha value is -3.68. The van der Waals surface area contributed by atoms with E-state index >= 15 is 0 Å². The molecule has 0 unspecified atom stereocenters. The molecule has 1 aromatic carbocycles. The van der Waals surface area contributed by atoms with E-state index in [1.807, 2.05) is 63.4 Å². The van der Waals surface area contributed by atoms with E-state index in [0.29, 0.717) is 35.0 Å². The molecule has 0 aliphatic rings. The summed E-state index contributed by atoms with van der Waals surface area (Å²) in [5.41, 5.74) is 3.12. The molecule has 1 amide bonds. The van der Waals surface area contributed by atoms with Gasteiger partial charge in [0.15, 0.2) is 11.5 Å². The van der Waals surface area contributed by atoms with Crippen molar-refractivity contribution in [3.8, 4) is 0 Å². The lowest BCUT2D eigenvalue weighted by Crippen LogP contribution is -2.45. The van der Waals surface area contributed by atoms with Crippen molar-refractivity contribution in [1.82, 2.24) is 25.3 Å². The van der Waals surface area contributed by atoms with Gasteiger partial charge in [-0.25, -0.2) is 9.97 Å². The van der Waals surface area contributed by atoms with Crippen molar-refractivity contribution < 1.29 is 23.2 Å². The van der Waals surface area contributed by atoms with Gasteiger partial charge in [0.2, 0.25) is 22.6 Å². The average Bonchev–Trinajstić information content (AvgIpc) is 2.92. The zero-order valence-corrected chi connectivity index (χ0v) is 35.4. The SMILES string of the molecule is CN(Cc1cnc2nc(N[Si](C)(C)C)nc(N[Si](C)(C)C)c2n1)c1ccc(C(=O)N[C@H](CCC(=O)O[Si](C)(C)C)C(=O)O[Si](C)(C)C)cc1. The predicted molar refractivity (Wildman–Crippen MR) is 207 cm³/mol. The average molecular weight is 743 g/mol. The van der Waals surface area contributed by atoms with Crippen LogP contribution >= 0.6 is 0 Å². The zero-order chi connectivity index (χ0) is 36.9. The Kier molecular flexibility index (Phi) is 12.6. The number of carbonyl (C=O) groups is 3. The number of fused-ring (bicyclic) bond motifs is 1. The Morgan fingerprint density at radius 3 is 1.94 bits per heavy atom. The maximum Gasteiger partial charge on any atom is 0.315 e. The molecular weight excluding hydrogens is 689 g/mol. The largest absolute Gasteiger partial charge is 0.520 e. The van der Waals surface area contributed by atoms with Crippen molar-refractivity contribution >= 4 is 79.6 Å². The van der Waals surface area contributed by atoms with Gasteiger partial charge in [-0.1, -0.05) is 39.3 Å². The molecule has 3 rings (SSSR count). The molecule has 0 fully saturated rings. The molecule has 3 N–H and O–H groups in total. The van der Waals surface area contributed by atoms with Crippen LogP contribution in [0.2, 0.25) is 78.6 Å². The van der Waals surface area contributed by atoms with Gasteiger partial charge in [-0.15, -0.1) is 0 Å². The second-order valence-corrected chi connectivity index (χ2v) is 34.6. The van der Waals surface area contributed by atoms with E-state index in [1.165, 1.54) is 0 Å². The highest BCUT2D eigenvalue weighted by Crippen LogP contribution is 2.24. The van der Waals surface area contributed by atoms with Crippen LogP contribution < -0.4 is 20.2 Å². The fraction of sp³-hybridized carbons (Fsp3) is 0.531. The van der Waals surface area contributed by atoms with Crippen LogP contribution in [0.25, 0.3) is 11.2 Å². The highest BCUT2D eigenvalue weighted by molar-refractivity contribution is 6.79. The summed E-state index contributed by atoms with van der Waals surface area (Å²) in [5.74, 6) is -0.131. The van der Waals surface area contributed by atoms with Crippen molar-refractivity contribution in [2.75, 3.05) is 21.9 Å². The molecule has 49 heavy (non-hydrogen) atoms. The molecule has 3 aromatic rings. The monoisotopic (exact) mass is 742 g/mol. The van der Waals surface area contributed by atoms with Crippen LogP contribution in [0, 0.1) is 0 Å². The molecule has 268 valence electrons. The minimum absolute atomic E-state index is 0.00421. The van der Waals surface area contributed by atoms with Gasteiger partial charge in [-0.05, 0) is 70.0 Å². The molecule has 1 atom stereocenters. The number of hydrogen-bond donors (Lipinski definition) is 3. The second kappa shape index (κ2) is 15.5. The van der Waals surface area contributed by atoms with Gasteiger partial charge in [0.05, 0.1) is 18.4 Å². The number of nitrogens with one attached hydrogen (secondary N) is 3. The van der Waals surface area contributed by atoms with Gasteiger partial charge in [0.25, 0.3) is 11.9 Å². The van der Waals surface area contributed by atoms with E-state index in [0.717, 1.165) is 11.4 Å². The molecule has 0 saturated carbocycles. The van der Waals surface area contributed by atoms with Crippen LogP contribution in [-0.4, -0.2) is 84.0 Å². The van der Waals surface area contributed by atoms with Crippen LogP contribution in [-0.2, 0) is 25.0 Å². The number of benzene rings is 1. The number of anilines is 3. The van der Waals surface area contributed by atoms with Crippen molar-refractivity contribution in [2.45, 2.75) is 104 Å². The molecule has 2 heterocycles. The fourth-order valence-electron chi connectivity index (χ4n) is 4.57. The normalized spacial score (nSPS) is 13.0. The quantitative estimate of drug-likeness (QED) is 0.152. The van der Waals surface area contributed by atoms with Gasteiger partial charge >= 0.3 is 5.97 Å². The van der Waals surface area contributed by atoms with Crippen molar-refractivity contribution in [3.05, 3.63) is 41.7 Å². The maximum atomic E-state index is 13.3. The lowest BCUT2D eigenvalue weighted by molar-refractivity contribution is -0.138. The van der Waals surface area contributed by atoms with Crippen LogP contribution in [0.1, 0.15) is 28.9 Å². The summed E-state index contributed by atoms with van der Waals surface area (Å²) in [5, 5.41) is 2.78. The van der Waals surface area contributed by atoms with Gasteiger partial charge in [-0.2, -0.15) is 9.97 Å². The first-order chi connectivity index (χ1) is 22.4. The Morgan fingerprint density at radius 1 is 0.796 bits per heavy atom. The number of nitrogens with zero attached hydrogens (tertiary/aromatic N) is 5. The van der Waals surface area contributed by atoms with E-state index in [9.17, 15) is 14.4 Å². The van der Waals surface area contributed by atoms with E-state index < -0.39 is 51.0 Å². The third-order valence-corrected chi connectivity index (χ3v) is 10.1. The Balaban J connectivity index is 1.76. The molecular formula is C32H54N8O5Si4. The third kappa shape index (κ3) is 13.6. The minimum Gasteiger partial charge on any atom is -0.520 e. The first kappa shape index (κ1) is 39.8. The molecule has 0 aliphatic carbocycles. The van der Waals surface area contributed by atoms with E-state index in [-0.39, 0.29) is 18.8 Å². The van der Waals surface area contributed by atoms with E-state index in [1.54, 1.807) is 18.3 Å². The lowest BCUT2D eigenvalue weighted by atomic mass is 10.1. The van der Waals surface area contributed by atoms with Crippen molar-refractivity contribution in [1.29, 1.82) is 0 Å². The molecule has 2 aromatic heterocycles. The van der Waals surface area contributed by atoms with Crippen LogP contribution in [0.3, 0.4) is 0 Å². The van der Waals surface area contributed by atoms with Gasteiger partial charge in [0, 0.05) is 24.7 Å². The Labute approximate surface area is 294 Å². The molecule has 0 radical (unpaired) electrons. The summed E-state index contributed by atoms with van der Waals surface area (Å²) in [4.78, 5) is 66.7. The van der Waals surface area contributed by atoms with Crippen LogP contribution in [0.5, 0.6) is 0 Å². The zero-order valence-electron chi connectivity index (χ0n) is 31.4. The Morgan fingerprint density at radius 2 is 1.39 bits per heavy atom. The summed E-state index contributed by atoms with van der Waals surface area (Å²) in [7, 11) is -5.85. The summed E-state index contributed by atoms with van der Waals surface area (Å²) in [6.45, 7) is 25.0. The van der Waals surface area contributed by atoms with Gasteiger partial charge in [0.1, 0.15) is 28.0 Å². The Bertz CT molecular complexity index is 1650. The highest BCUT2D eigenvalue weighted by Gasteiger charge is 2.30. The van der Waals surface area contributed by atoms with Crippen molar-refractivity contribution in [3.63, 3.8) is 0 Å². The van der Waals surface area contributed by atoms with Crippen LogP contribution in [0.15, 0.2) is 30.5 Å². The smallest absolute Gasteiger partial charge is 0.315 e. The summed E-state index contributed by atoms with van der Waals surface area (Å²) in [6.07, 6.45) is 1.81.